The van der Waals surface area contributed by atoms with Gasteiger partial charge in [-0.05, 0) is 19.1 Å². The minimum atomic E-state index is -0.0225. The molecular weight excluding hydrogens is 192 g/mol. The Bertz CT molecular complexity index is 536. The third-order valence-electron chi connectivity index (χ3n) is 2.10. The molecule has 2 aromatic rings. The number of oxime groups is 1. The van der Waals surface area contributed by atoms with E-state index in [0.717, 1.165) is 11.0 Å². The molecule has 0 atom stereocenters. The average Bonchev–Trinajstić information content (AvgIpc) is 2.27. The molecule has 1 aromatic carbocycles. The van der Waals surface area contributed by atoms with Gasteiger partial charge < -0.3 is 10.9 Å². The molecule has 1 heterocycles. The van der Waals surface area contributed by atoms with Gasteiger partial charge in [-0.25, -0.2) is 9.97 Å². The number of rotatable bonds is 1. The van der Waals surface area contributed by atoms with E-state index in [-0.39, 0.29) is 5.84 Å². The number of para-hydroxylation sites is 2. The highest BCUT2D eigenvalue weighted by Crippen LogP contribution is 2.11. The third kappa shape index (κ3) is 1.59. The number of amidine groups is 1. The minimum Gasteiger partial charge on any atom is -0.409 e. The van der Waals surface area contributed by atoms with Crippen molar-refractivity contribution in [3.63, 3.8) is 0 Å². The molecule has 76 valence electrons. The molecule has 1 aromatic heterocycles. The highest BCUT2D eigenvalue weighted by atomic mass is 16.4. The largest absolute Gasteiger partial charge is 0.409 e. The predicted molar refractivity (Wildman–Crippen MR) is 56.8 cm³/mol. The Kier molecular flexibility index (Phi) is 2.21. The van der Waals surface area contributed by atoms with Crippen LogP contribution < -0.4 is 5.73 Å². The molecule has 5 nitrogen and oxygen atoms in total. The molecule has 0 aliphatic heterocycles. The standard InChI is InChI=1S/C10H10N4O/c1-6-9(10(11)14-15)13-8-5-3-2-4-7(8)12-6/h2-5,15H,1H3,(H2,11,14). The number of hydrogen-bond acceptors (Lipinski definition) is 4. The Labute approximate surface area is 86.3 Å². The zero-order valence-electron chi connectivity index (χ0n) is 8.18. The molecule has 0 fully saturated rings. The first-order valence-corrected chi connectivity index (χ1v) is 4.43. The van der Waals surface area contributed by atoms with E-state index in [9.17, 15) is 0 Å². The number of aryl methyl sites for hydroxylation is 1. The Morgan fingerprint density at radius 3 is 2.47 bits per heavy atom. The molecule has 0 spiro atoms. The number of hydrogen-bond donors (Lipinski definition) is 2. The van der Waals surface area contributed by atoms with Crippen molar-refractivity contribution < 1.29 is 5.21 Å². The average molecular weight is 202 g/mol. The van der Waals surface area contributed by atoms with Crippen LogP contribution in [0.15, 0.2) is 29.4 Å². The topological polar surface area (TPSA) is 84.4 Å². The molecular formula is C10H10N4O. The number of aromatic nitrogens is 2. The second-order valence-electron chi connectivity index (χ2n) is 3.13. The van der Waals surface area contributed by atoms with Gasteiger partial charge in [0.15, 0.2) is 5.84 Å². The van der Waals surface area contributed by atoms with Gasteiger partial charge in [0.05, 0.1) is 16.7 Å². The maximum atomic E-state index is 8.58. The van der Waals surface area contributed by atoms with Crippen molar-refractivity contribution in [3.8, 4) is 0 Å². The highest BCUT2D eigenvalue weighted by Gasteiger charge is 2.08. The monoisotopic (exact) mass is 202 g/mol. The van der Waals surface area contributed by atoms with Crippen molar-refractivity contribution in [3.05, 3.63) is 35.7 Å². The predicted octanol–water partition coefficient (Wildman–Crippen LogP) is 1.03. The SMILES string of the molecule is Cc1nc2ccccc2nc1/C(N)=N/O. The fourth-order valence-corrected chi connectivity index (χ4v) is 1.38. The molecule has 0 unspecified atom stereocenters. The van der Waals surface area contributed by atoms with Crippen LogP contribution in [0.3, 0.4) is 0 Å². The highest BCUT2D eigenvalue weighted by molar-refractivity contribution is 5.97. The van der Waals surface area contributed by atoms with E-state index in [1.54, 1.807) is 6.92 Å². The summed E-state index contributed by atoms with van der Waals surface area (Å²) in [4.78, 5) is 8.58. The number of fused-ring (bicyclic) bond motifs is 1. The second-order valence-corrected chi connectivity index (χ2v) is 3.13. The quantitative estimate of drug-likeness (QED) is 0.313. The van der Waals surface area contributed by atoms with Crippen LogP contribution in [0.25, 0.3) is 11.0 Å². The summed E-state index contributed by atoms with van der Waals surface area (Å²) in [5.41, 5.74) is 8.06. The van der Waals surface area contributed by atoms with Crippen LogP contribution in [0.4, 0.5) is 0 Å². The van der Waals surface area contributed by atoms with Gasteiger partial charge in [-0.2, -0.15) is 0 Å². The Balaban J connectivity index is 2.72. The molecule has 2 rings (SSSR count). The molecule has 3 N–H and O–H groups in total. The third-order valence-corrected chi connectivity index (χ3v) is 2.10. The maximum Gasteiger partial charge on any atom is 0.190 e. The van der Waals surface area contributed by atoms with E-state index in [4.69, 9.17) is 10.9 Å². The first-order valence-electron chi connectivity index (χ1n) is 4.43. The minimum absolute atomic E-state index is 0.0225. The van der Waals surface area contributed by atoms with Crippen LogP contribution in [0, 0.1) is 6.92 Å². The maximum absolute atomic E-state index is 8.58. The lowest BCUT2D eigenvalue weighted by Crippen LogP contribution is -2.17. The van der Waals surface area contributed by atoms with Crippen LogP contribution in [-0.2, 0) is 0 Å². The lowest BCUT2D eigenvalue weighted by atomic mass is 10.2. The molecule has 0 aliphatic carbocycles. The molecule has 0 aliphatic rings. The summed E-state index contributed by atoms with van der Waals surface area (Å²) < 4.78 is 0. The van der Waals surface area contributed by atoms with Gasteiger partial charge in [-0.1, -0.05) is 17.3 Å². The van der Waals surface area contributed by atoms with Crippen molar-refractivity contribution in [2.24, 2.45) is 10.9 Å². The van der Waals surface area contributed by atoms with Crippen molar-refractivity contribution in [1.29, 1.82) is 0 Å². The molecule has 5 heteroatoms. The summed E-state index contributed by atoms with van der Waals surface area (Å²) in [5, 5.41) is 11.5. The van der Waals surface area contributed by atoms with Crippen LogP contribution in [-0.4, -0.2) is 21.0 Å². The van der Waals surface area contributed by atoms with Crippen LogP contribution >= 0.6 is 0 Å². The van der Waals surface area contributed by atoms with Gasteiger partial charge in [0.25, 0.3) is 0 Å². The van der Waals surface area contributed by atoms with Crippen molar-refractivity contribution in [2.45, 2.75) is 6.92 Å². The van der Waals surface area contributed by atoms with E-state index in [1.165, 1.54) is 0 Å². The summed E-state index contributed by atoms with van der Waals surface area (Å²) in [5.74, 6) is -0.0225. The summed E-state index contributed by atoms with van der Waals surface area (Å²) in [6.45, 7) is 1.77. The normalized spacial score (nSPS) is 11.9. The summed E-state index contributed by atoms with van der Waals surface area (Å²) in [6.07, 6.45) is 0. The van der Waals surface area contributed by atoms with E-state index in [1.807, 2.05) is 24.3 Å². The van der Waals surface area contributed by atoms with E-state index in [0.29, 0.717) is 11.4 Å². The van der Waals surface area contributed by atoms with Gasteiger partial charge in [0.2, 0.25) is 0 Å². The fraction of sp³-hybridized carbons (Fsp3) is 0.100. The summed E-state index contributed by atoms with van der Waals surface area (Å²) in [6, 6.07) is 7.45. The molecule has 0 amide bonds. The van der Waals surface area contributed by atoms with Crippen LogP contribution in [0.1, 0.15) is 11.4 Å². The second kappa shape index (κ2) is 3.53. The van der Waals surface area contributed by atoms with Crippen molar-refractivity contribution in [1.82, 2.24) is 9.97 Å². The molecule has 0 saturated carbocycles. The van der Waals surface area contributed by atoms with E-state index >= 15 is 0 Å². The zero-order valence-corrected chi connectivity index (χ0v) is 8.18. The van der Waals surface area contributed by atoms with Crippen LogP contribution in [0.2, 0.25) is 0 Å². The summed E-state index contributed by atoms with van der Waals surface area (Å²) in [7, 11) is 0. The fourth-order valence-electron chi connectivity index (χ4n) is 1.38. The number of benzene rings is 1. The molecule has 15 heavy (non-hydrogen) atoms. The lowest BCUT2D eigenvalue weighted by molar-refractivity contribution is 0.318. The zero-order chi connectivity index (χ0) is 10.8. The van der Waals surface area contributed by atoms with Gasteiger partial charge in [0.1, 0.15) is 5.69 Å². The van der Waals surface area contributed by atoms with Crippen LogP contribution in [0.5, 0.6) is 0 Å². The first-order chi connectivity index (χ1) is 7.22. The Hall–Kier alpha value is -2.17. The van der Waals surface area contributed by atoms with Crippen molar-refractivity contribution >= 4 is 16.9 Å². The van der Waals surface area contributed by atoms with Gasteiger partial charge >= 0.3 is 0 Å². The molecule has 0 radical (unpaired) electrons. The van der Waals surface area contributed by atoms with E-state index < -0.39 is 0 Å². The number of nitrogens with zero attached hydrogens (tertiary/aromatic N) is 3. The van der Waals surface area contributed by atoms with Gasteiger partial charge in [0, 0.05) is 0 Å². The smallest absolute Gasteiger partial charge is 0.190 e. The lowest BCUT2D eigenvalue weighted by Gasteiger charge is -2.04. The summed E-state index contributed by atoms with van der Waals surface area (Å²) >= 11 is 0. The molecule has 0 saturated heterocycles. The Morgan fingerprint density at radius 2 is 1.87 bits per heavy atom. The van der Waals surface area contributed by atoms with Gasteiger partial charge in [-0.3, -0.25) is 0 Å². The number of nitrogens with two attached hydrogens (primary N) is 1. The van der Waals surface area contributed by atoms with E-state index in [2.05, 4.69) is 15.1 Å². The first kappa shape index (κ1) is 9.39. The van der Waals surface area contributed by atoms with Crippen molar-refractivity contribution in [2.75, 3.05) is 0 Å². The van der Waals surface area contributed by atoms with Gasteiger partial charge in [-0.15, -0.1) is 0 Å². The molecule has 0 bridgehead atoms. The Morgan fingerprint density at radius 1 is 1.27 bits per heavy atom.